The summed E-state index contributed by atoms with van der Waals surface area (Å²) in [5.74, 6) is -0.655. The van der Waals surface area contributed by atoms with Crippen LogP contribution in [-0.4, -0.2) is 12.3 Å². The molecule has 6 heteroatoms. The Balaban J connectivity index is 2.26. The summed E-state index contributed by atoms with van der Waals surface area (Å²) in [5, 5.41) is 0. The van der Waals surface area contributed by atoms with Gasteiger partial charge in [-0.2, -0.15) is 0 Å². The standard InChI is InChI=1S/C9H6F2O4/c1-5(12)13-6-2-3-7-8(4-6)15-9(10,11)14-7/h2-4H,1H3. The minimum absolute atomic E-state index is 0.0871. The second-order valence-corrected chi connectivity index (χ2v) is 2.87. The zero-order valence-corrected chi connectivity index (χ0v) is 7.62. The molecule has 1 aromatic carbocycles. The van der Waals surface area contributed by atoms with Gasteiger partial charge in [0.2, 0.25) is 0 Å². The lowest BCUT2D eigenvalue weighted by Gasteiger charge is -2.04. The van der Waals surface area contributed by atoms with Crippen LogP contribution in [0.3, 0.4) is 0 Å². The molecule has 0 amide bonds. The predicted octanol–water partition coefficient (Wildman–Crippen LogP) is 1.93. The molecule has 0 fully saturated rings. The van der Waals surface area contributed by atoms with E-state index in [1.54, 1.807) is 0 Å². The van der Waals surface area contributed by atoms with Crippen LogP contribution in [-0.2, 0) is 4.79 Å². The molecule has 0 saturated carbocycles. The number of hydrogen-bond donors (Lipinski definition) is 0. The van der Waals surface area contributed by atoms with Crippen molar-refractivity contribution >= 4 is 5.97 Å². The fraction of sp³-hybridized carbons (Fsp3) is 0.222. The first kappa shape index (κ1) is 9.70. The molecule has 4 nitrogen and oxygen atoms in total. The van der Waals surface area contributed by atoms with Crippen LogP contribution in [0.1, 0.15) is 6.92 Å². The maximum absolute atomic E-state index is 12.6. The van der Waals surface area contributed by atoms with Gasteiger partial charge in [-0.3, -0.25) is 4.79 Å². The highest BCUT2D eigenvalue weighted by Gasteiger charge is 2.43. The lowest BCUT2D eigenvalue weighted by atomic mass is 10.3. The van der Waals surface area contributed by atoms with E-state index in [0.717, 1.165) is 6.07 Å². The van der Waals surface area contributed by atoms with Crippen molar-refractivity contribution < 1.29 is 27.8 Å². The monoisotopic (exact) mass is 216 g/mol. The van der Waals surface area contributed by atoms with Crippen molar-refractivity contribution in [3.8, 4) is 17.2 Å². The van der Waals surface area contributed by atoms with E-state index < -0.39 is 12.3 Å². The van der Waals surface area contributed by atoms with Crippen LogP contribution in [0.15, 0.2) is 18.2 Å². The first-order chi connectivity index (χ1) is 6.96. The number of esters is 1. The Morgan fingerprint density at radius 3 is 2.67 bits per heavy atom. The molecule has 0 aliphatic carbocycles. The third kappa shape index (κ3) is 1.98. The van der Waals surface area contributed by atoms with E-state index in [1.165, 1.54) is 19.1 Å². The van der Waals surface area contributed by atoms with Crippen LogP contribution >= 0.6 is 0 Å². The van der Waals surface area contributed by atoms with Crippen LogP contribution < -0.4 is 14.2 Å². The van der Waals surface area contributed by atoms with Crippen LogP contribution in [0.5, 0.6) is 17.2 Å². The highest BCUT2D eigenvalue weighted by Crippen LogP contribution is 2.42. The Morgan fingerprint density at radius 2 is 2.00 bits per heavy atom. The van der Waals surface area contributed by atoms with Gasteiger partial charge in [0.15, 0.2) is 11.5 Å². The van der Waals surface area contributed by atoms with Crippen molar-refractivity contribution in [2.75, 3.05) is 0 Å². The number of halogens is 2. The fourth-order valence-electron chi connectivity index (χ4n) is 1.16. The molecule has 1 aliphatic rings. The van der Waals surface area contributed by atoms with Crippen molar-refractivity contribution in [1.82, 2.24) is 0 Å². The predicted molar refractivity (Wildman–Crippen MR) is 44.0 cm³/mol. The average Bonchev–Trinajstić information content (AvgIpc) is 2.36. The van der Waals surface area contributed by atoms with Gasteiger partial charge in [0, 0.05) is 13.0 Å². The van der Waals surface area contributed by atoms with Gasteiger partial charge in [0.25, 0.3) is 0 Å². The Kier molecular flexibility index (Phi) is 1.99. The van der Waals surface area contributed by atoms with E-state index in [0.29, 0.717) is 0 Å². The molecule has 1 aromatic rings. The topological polar surface area (TPSA) is 44.8 Å². The number of fused-ring (bicyclic) bond motifs is 1. The number of rotatable bonds is 1. The van der Waals surface area contributed by atoms with Gasteiger partial charge in [0.05, 0.1) is 0 Å². The smallest absolute Gasteiger partial charge is 0.427 e. The van der Waals surface area contributed by atoms with E-state index in [9.17, 15) is 13.6 Å². The molecule has 0 radical (unpaired) electrons. The Labute approximate surface area is 83.4 Å². The second-order valence-electron chi connectivity index (χ2n) is 2.87. The molecular weight excluding hydrogens is 210 g/mol. The van der Waals surface area contributed by atoms with Crippen molar-refractivity contribution in [2.45, 2.75) is 13.2 Å². The molecule has 0 aromatic heterocycles. The summed E-state index contributed by atoms with van der Waals surface area (Å²) >= 11 is 0. The summed E-state index contributed by atoms with van der Waals surface area (Å²) < 4.78 is 38.2. The van der Waals surface area contributed by atoms with Gasteiger partial charge in [-0.05, 0) is 12.1 Å². The first-order valence-corrected chi connectivity index (χ1v) is 4.04. The van der Waals surface area contributed by atoms with Gasteiger partial charge >= 0.3 is 12.3 Å². The quantitative estimate of drug-likeness (QED) is 0.531. The average molecular weight is 216 g/mol. The lowest BCUT2D eigenvalue weighted by Crippen LogP contribution is -2.25. The molecule has 0 saturated heterocycles. The van der Waals surface area contributed by atoms with Crippen LogP contribution in [0, 0.1) is 0 Å². The number of hydrogen-bond acceptors (Lipinski definition) is 4. The van der Waals surface area contributed by atoms with Crippen LogP contribution in [0.2, 0.25) is 0 Å². The molecule has 80 valence electrons. The number of alkyl halides is 2. The van der Waals surface area contributed by atoms with E-state index in [1.807, 2.05) is 0 Å². The Hall–Kier alpha value is -1.85. The molecule has 1 heterocycles. The summed E-state index contributed by atoms with van der Waals surface area (Å²) in [6, 6.07) is 3.75. The summed E-state index contributed by atoms with van der Waals surface area (Å²) in [4.78, 5) is 10.6. The van der Waals surface area contributed by atoms with E-state index in [-0.39, 0.29) is 17.2 Å². The van der Waals surface area contributed by atoms with Crippen molar-refractivity contribution in [1.29, 1.82) is 0 Å². The maximum Gasteiger partial charge on any atom is 0.586 e. The second kappa shape index (κ2) is 3.08. The van der Waals surface area contributed by atoms with Crippen LogP contribution in [0.4, 0.5) is 8.78 Å². The summed E-state index contributed by atoms with van der Waals surface area (Å²) in [6.07, 6.45) is -3.66. The van der Waals surface area contributed by atoms with Crippen molar-refractivity contribution in [3.63, 3.8) is 0 Å². The highest BCUT2D eigenvalue weighted by molar-refractivity contribution is 5.69. The SMILES string of the molecule is CC(=O)Oc1ccc2c(c1)OC(F)(F)O2. The zero-order chi connectivity index (χ0) is 11.1. The summed E-state index contributed by atoms with van der Waals surface area (Å²) in [5.41, 5.74) is 0. The Bertz CT molecular complexity index is 417. The van der Waals surface area contributed by atoms with Gasteiger partial charge in [-0.1, -0.05) is 0 Å². The third-order valence-corrected chi connectivity index (χ3v) is 1.63. The van der Waals surface area contributed by atoms with E-state index in [4.69, 9.17) is 0 Å². The summed E-state index contributed by atoms with van der Waals surface area (Å²) in [6.45, 7) is 1.21. The Morgan fingerprint density at radius 1 is 1.33 bits per heavy atom. The van der Waals surface area contributed by atoms with E-state index >= 15 is 0 Å². The van der Waals surface area contributed by atoms with Gasteiger partial charge in [0.1, 0.15) is 5.75 Å². The molecule has 1 aliphatic heterocycles. The van der Waals surface area contributed by atoms with E-state index in [2.05, 4.69) is 14.2 Å². The van der Waals surface area contributed by atoms with Crippen LogP contribution in [0.25, 0.3) is 0 Å². The largest absolute Gasteiger partial charge is 0.586 e. The molecular formula is C9H6F2O4. The molecule has 15 heavy (non-hydrogen) atoms. The highest BCUT2D eigenvalue weighted by atomic mass is 19.3. The summed E-state index contributed by atoms with van der Waals surface area (Å²) in [7, 11) is 0. The van der Waals surface area contributed by atoms with Crippen molar-refractivity contribution in [2.24, 2.45) is 0 Å². The minimum atomic E-state index is -3.66. The molecule has 0 atom stereocenters. The molecule has 0 bridgehead atoms. The zero-order valence-electron chi connectivity index (χ0n) is 7.62. The number of carbonyl (C=O) groups excluding carboxylic acids is 1. The number of ether oxygens (including phenoxy) is 3. The number of benzene rings is 1. The van der Waals surface area contributed by atoms with Gasteiger partial charge < -0.3 is 14.2 Å². The van der Waals surface area contributed by atoms with Gasteiger partial charge in [-0.25, -0.2) is 0 Å². The molecule has 2 rings (SSSR count). The number of carbonyl (C=O) groups is 1. The lowest BCUT2D eigenvalue weighted by molar-refractivity contribution is -0.286. The minimum Gasteiger partial charge on any atom is -0.427 e. The van der Waals surface area contributed by atoms with Crippen molar-refractivity contribution in [3.05, 3.63) is 18.2 Å². The van der Waals surface area contributed by atoms with Gasteiger partial charge in [-0.15, -0.1) is 8.78 Å². The first-order valence-electron chi connectivity index (χ1n) is 4.04. The molecule has 0 spiro atoms. The molecule has 0 unspecified atom stereocenters. The normalized spacial score (nSPS) is 16.2. The molecule has 0 N–H and O–H groups in total. The fourth-order valence-corrected chi connectivity index (χ4v) is 1.16. The maximum atomic E-state index is 12.6. The third-order valence-electron chi connectivity index (χ3n) is 1.63.